The van der Waals surface area contributed by atoms with Gasteiger partial charge >= 0.3 is 0 Å². The molecule has 104 valence electrons. The fraction of sp³-hybridized carbons (Fsp3) is 0.615. The van der Waals surface area contributed by atoms with Crippen LogP contribution in [0.4, 0.5) is 5.00 Å². The Morgan fingerprint density at radius 3 is 2.74 bits per heavy atom. The fourth-order valence-electron chi connectivity index (χ4n) is 2.35. The highest BCUT2D eigenvalue weighted by Gasteiger charge is 2.45. The molecule has 5 nitrogen and oxygen atoms in total. The number of aryl methyl sites for hydroxylation is 1. The average Bonchev–Trinajstić information content (AvgIpc) is 2.84. The second kappa shape index (κ2) is 4.92. The molecule has 1 aliphatic rings. The summed E-state index contributed by atoms with van der Waals surface area (Å²) in [6.07, 6.45) is 0. The van der Waals surface area contributed by atoms with Crippen molar-refractivity contribution in [3.63, 3.8) is 0 Å². The summed E-state index contributed by atoms with van der Waals surface area (Å²) in [6, 6.07) is 1.81. The normalized spacial score (nSPS) is 23.3. The van der Waals surface area contributed by atoms with E-state index in [1.807, 2.05) is 13.0 Å². The molecule has 1 aromatic heterocycles. The van der Waals surface area contributed by atoms with E-state index in [-0.39, 0.29) is 23.1 Å². The molecule has 0 saturated carbocycles. The Labute approximate surface area is 116 Å². The van der Waals surface area contributed by atoms with Crippen LogP contribution in [0, 0.1) is 24.2 Å². The number of carbonyl (C=O) groups is 2. The third-order valence-electron chi connectivity index (χ3n) is 3.45. The van der Waals surface area contributed by atoms with Crippen molar-refractivity contribution in [3.05, 3.63) is 11.8 Å². The van der Waals surface area contributed by atoms with Crippen LogP contribution in [0.25, 0.3) is 0 Å². The molecule has 0 aliphatic carbocycles. The number of nitrogens with zero attached hydrogens (tertiary/aromatic N) is 1. The lowest BCUT2D eigenvalue weighted by Crippen LogP contribution is -2.37. The number of amides is 2. The molecule has 0 radical (unpaired) electrons. The molecule has 0 spiro atoms. The van der Waals surface area contributed by atoms with Gasteiger partial charge < -0.3 is 10.6 Å². The predicted molar refractivity (Wildman–Crippen MR) is 74.9 cm³/mol. The molecular weight excluding hydrogens is 262 g/mol. The third kappa shape index (κ3) is 2.94. The van der Waals surface area contributed by atoms with Crippen molar-refractivity contribution in [3.8, 4) is 0 Å². The molecule has 1 aromatic rings. The van der Waals surface area contributed by atoms with Gasteiger partial charge in [0.25, 0.3) is 0 Å². The van der Waals surface area contributed by atoms with Crippen LogP contribution < -0.4 is 10.6 Å². The highest BCUT2D eigenvalue weighted by Crippen LogP contribution is 2.35. The molecule has 0 aromatic carbocycles. The van der Waals surface area contributed by atoms with Gasteiger partial charge in [0.15, 0.2) is 0 Å². The zero-order chi connectivity index (χ0) is 14.2. The van der Waals surface area contributed by atoms with Crippen molar-refractivity contribution in [2.45, 2.75) is 27.7 Å². The molecule has 1 saturated heterocycles. The van der Waals surface area contributed by atoms with Crippen LogP contribution in [0.2, 0.25) is 0 Å². The standard InChI is InChI=1S/C13H19N3O2S/c1-7-5-9(19-16-7)15-12(18)10-8(13(2,3)4)6-14-11(10)17/h5,8,10H,6H2,1-4H3,(H,14,17)(H,15,18)/t8-,10-/m0/s1. The number of hydrogen-bond acceptors (Lipinski definition) is 4. The van der Waals surface area contributed by atoms with Crippen LogP contribution >= 0.6 is 11.5 Å². The van der Waals surface area contributed by atoms with Gasteiger partial charge in [-0.1, -0.05) is 20.8 Å². The van der Waals surface area contributed by atoms with Crippen LogP contribution in [0.5, 0.6) is 0 Å². The number of nitrogens with one attached hydrogen (secondary N) is 2. The Bertz CT molecular complexity index is 504. The van der Waals surface area contributed by atoms with Crippen molar-refractivity contribution < 1.29 is 9.59 Å². The van der Waals surface area contributed by atoms with Crippen LogP contribution in [0.1, 0.15) is 26.5 Å². The molecule has 2 rings (SSSR count). The Morgan fingerprint density at radius 2 is 2.21 bits per heavy atom. The first kappa shape index (κ1) is 14.0. The van der Waals surface area contributed by atoms with Crippen LogP contribution in [-0.2, 0) is 9.59 Å². The SMILES string of the molecule is Cc1cc(NC(=O)[C@@H]2C(=O)NC[C@@H]2C(C)(C)C)sn1. The van der Waals surface area contributed by atoms with Gasteiger partial charge in [-0.2, -0.15) is 4.37 Å². The van der Waals surface area contributed by atoms with Gasteiger partial charge in [-0.05, 0) is 29.9 Å². The largest absolute Gasteiger partial charge is 0.355 e. The van der Waals surface area contributed by atoms with E-state index in [1.165, 1.54) is 11.5 Å². The molecular formula is C13H19N3O2S. The molecule has 6 heteroatoms. The second-order valence-electron chi connectivity index (χ2n) is 6.02. The maximum absolute atomic E-state index is 12.3. The Hall–Kier alpha value is -1.43. The lowest BCUT2D eigenvalue weighted by molar-refractivity contribution is -0.132. The number of aromatic nitrogens is 1. The predicted octanol–water partition coefficient (Wildman–Crippen LogP) is 1.80. The van der Waals surface area contributed by atoms with Crippen LogP contribution in [0.15, 0.2) is 6.07 Å². The fourth-order valence-corrected chi connectivity index (χ4v) is 3.02. The smallest absolute Gasteiger partial charge is 0.237 e. The van der Waals surface area contributed by atoms with Gasteiger partial charge in [-0.25, -0.2) is 0 Å². The van der Waals surface area contributed by atoms with Crippen molar-refractivity contribution in [2.24, 2.45) is 17.3 Å². The van der Waals surface area contributed by atoms with Gasteiger partial charge in [0.05, 0.1) is 5.69 Å². The summed E-state index contributed by atoms with van der Waals surface area (Å²) in [7, 11) is 0. The van der Waals surface area contributed by atoms with E-state index in [4.69, 9.17) is 0 Å². The summed E-state index contributed by atoms with van der Waals surface area (Å²) >= 11 is 1.23. The molecule has 2 atom stereocenters. The summed E-state index contributed by atoms with van der Waals surface area (Å²) in [5, 5.41) is 6.27. The quantitative estimate of drug-likeness (QED) is 0.812. The summed E-state index contributed by atoms with van der Waals surface area (Å²) in [4.78, 5) is 24.2. The Kier molecular flexibility index (Phi) is 3.62. The third-order valence-corrected chi connectivity index (χ3v) is 4.25. The van der Waals surface area contributed by atoms with Crippen molar-refractivity contribution in [1.29, 1.82) is 0 Å². The van der Waals surface area contributed by atoms with E-state index in [2.05, 4.69) is 35.8 Å². The first-order valence-electron chi connectivity index (χ1n) is 6.31. The number of hydrogen-bond donors (Lipinski definition) is 2. The first-order valence-corrected chi connectivity index (χ1v) is 7.08. The maximum atomic E-state index is 12.3. The van der Waals surface area contributed by atoms with Gasteiger partial charge in [0.1, 0.15) is 10.9 Å². The minimum atomic E-state index is -0.623. The van der Waals surface area contributed by atoms with Gasteiger partial charge in [0, 0.05) is 12.5 Å². The number of carbonyl (C=O) groups excluding carboxylic acids is 2. The lowest BCUT2D eigenvalue weighted by atomic mass is 9.74. The molecule has 2 heterocycles. The second-order valence-corrected chi connectivity index (χ2v) is 6.82. The summed E-state index contributed by atoms with van der Waals surface area (Å²) < 4.78 is 4.11. The van der Waals surface area contributed by atoms with Gasteiger partial charge in [-0.15, -0.1) is 0 Å². The molecule has 0 unspecified atom stereocenters. The van der Waals surface area contributed by atoms with E-state index in [0.717, 1.165) is 5.69 Å². The Balaban J connectivity index is 2.14. The minimum Gasteiger partial charge on any atom is -0.355 e. The van der Waals surface area contributed by atoms with Crippen molar-refractivity contribution >= 4 is 28.3 Å². The van der Waals surface area contributed by atoms with E-state index in [9.17, 15) is 9.59 Å². The topological polar surface area (TPSA) is 71.1 Å². The van der Waals surface area contributed by atoms with E-state index in [0.29, 0.717) is 11.5 Å². The zero-order valence-corrected chi connectivity index (χ0v) is 12.4. The highest BCUT2D eigenvalue weighted by molar-refractivity contribution is 7.10. The monoisotopic (exact) mass is 281 g/mol. The summed E-state index contributed by atoms with van der Waals surface area (Å²) in [5.74, 6) is -1.03. The number of anilines is 1. The van der Waals surface area contributed by atoms with E-state index >= 15 is 0 Å². The van der Waals surface area contributed by atoms with Crippen molar-refractivity contribution in [2.75, 3.05) is 11.9 Å². The Morgan fingerprint density at radius 1 is 1.53 bits per heavy atom. The van der Waals surface area contributed by atoms with Gasteiger partial charge in [0.2, 0.25) is 11.8 Å². The molecule has 19 heavy (non-hydrogen) atoms. The van der Waals surface area contributed by atoms with Crippen LogP contribution in [-0.4, -0.2) is 22.7 Å². The number of rotatable bonds is 2. The molecule has 2 N–H and O–H groups in total. The lowest BCUT2D eigenvalue weighted by Gasteiger charge is -2.29. The first-order chi connectivity index (χ1) is 8.79. The molecule has 1 fully saturated rings. The zero-order valence-electron chi connectivity index (χ0n) is 11.6. The summed E-state index contributed by atoms with van der Waals surface area (Å²) in [5.41, 5.74) is 0.772. The molecule has 2 amide bonds. The van der Waals surface area contributed by atoms with Gasteiger partial charge in [-0.3, -0.25) is 9.59 Å². The highest BCUT2D eigenvalue weighted by atomic mass is 32.1. The molecule has 0 bridgehead atoms. The van der Waals surface area contributed by atoms with E-state index in [1.54, 1.807) is 0 Å². The minimum absolute atomic E-state index is 0.00835. The summed E-state index contributed by atoms with van der Waals surface area (Å²) in [6.45, 7) is 8.58. The van der Waals surface area contributed by atoms with Crippen molar-refractivity contribution in [1.82, 2.24) is 9.69 Å². The molecule has 1 aliphatic heterocycles. The maximum Gasteiger partial charge on any atom is 0.237 e. The van der Waals surface area contributed by atoms with E-state index < -0.39 is 5.92 Å². The average molecular weight is 281 g/mol. The van der Waals surface area contributed by atoms with Crippen LogP contribution in [0.3, 0.4) is 0 Å².